The van der Waals surface area contributed by atoms with Crippen molar-refractivity contribution in [3.8, 4) is 5.75 Å². The van der Waals surface area contributed by atoms with Crippen LogP contribution in [-0.4, -0.2) is 18.4 Å². The first-order valence-electron chi connectivity index (χ1n) is 7.09. The van der Waals surface area contributed by atoms with Gasteiger partial charge in [0.25, 0.3) is 0 Å². The minimum Gasteiger partial charge on any atom is -0.493 e. The van der Waals surface area contributed by atoms with E-state index in [2.05, 4.69) is 10.6 Å². The van der Waals surface area contributed by atoms with Crippen LogP contribution in [-0.2, 0) is 9.59 Å². The number of rotatable bonds is 6. The fourth-order valence-corrected chi connectivity index (χ4v) is 1.89. The lowest BCUT2D eigenvalue weighted by Crippen LogP contribution is -2.15. The smallest absolute Gasteiger partial charge is 0.227 e. The first-order chi connectivity index (χ1) is 11.0. The zero-order valence-corrected chi connectivity index (χ0v) is 12.6. The standard InChI is InChI=1S/C17H17FN2O3/c1-12(21)19-16-11-13(7-8-15(16)18)20-17(22)9-10-23-14-5-3-2-4-6-14/h2-8,11H,9-10H2,1H3,(H,19,21)(H,20,22). The molecule has 0 aliphatic carbocycles. The molecule has 0 atom stereocenters. The lowest BCUT2D eigenvalue weighted by molar-refractivity contribution is -0.116. The number of hydrogen-bond donors (Lipinski definition) is 2. The maximum Gasteiger partial charge on any atom is 0.227 e. The number of para-hydroxylation sites is 1. The summed E-state index contributed by atoms with van der Waals surface area (Å²) in [5.74, 6) is -0.523. The number of hydrogen-bond acceptors (Lipinski definition) is 3. The molecule has 2 aromatic rings. The Labute approximate surface area is 133 Å². The van der Waals surface area contributed by atoms with E-state index in [0.717, 1.165) is 0 Å². The van der Waals surface area contributed by atoms with E-state index in [4.69, 9.17) is 4.74 Å². The second-order valence-corrected chi connectivity index (χ2v) is 4.84. The Morgan fingerprint density at radius 1 is 1.09 bits per heavy atom. The van der Waals surface area contributed by atoms with E-state index in [1.165, 1.54) is 25.1 Å². The zero-order chi connectivity index (χ0) is 16.7. The summed E-state index contributed by atoms with van der Waals surface area (Å²) in [6, 6.07) is 13.1. The van der Waals surface area contributed by atoms with Crippen molar-refractivity contribution in [1.82, 2.24) is 0 Å². The third-order valence-corrected chi connectivity index (χ3v) is 2.90. The van der Waals surface area contributed by atoms with Crippen LogP contribution in [0.5, 0.6) is 5.75 Å². The summed E-state index contributed by atoms with van der Waals surface area (Å²) in [5.41, 5.74) is 0.427. The van der Waals surface area contributed by atoms with Gasteiger partial charge in [0.15, 0.2) is 0 Å². The van der Waals surface area contributed by atoms with Crippen LogP contribution in [0.3, 0.4) is 0 Å². The highest BCUT2D eigenvalue weighted by molar-refractivity contribution is 5.93. The van der Waals surface area contributed by atoms with Crippen molar-refractivity contribution in [3.63, 3.8) is 0 Å². The summed E-state index contributed by atoms with van der Waals surface area (Å²) in [6.45, 7) is 1.52. The van der Waals surface area contributed by atoms with Crippen LogP contribution in [0.4, 0.5) is 15.8 Å². The monoisotopic (exact) mass is 316 g/mol. The van der Waals surface area contributed by atoms with Crippen molar-refractivity contribution in [2.24, 2.45) is 0 Å². The molecule has 5 nitrogen and oxygen atoms in total. The maximum atomic E-state index is 13.5. The van der Waals surface area contributed by atoms with E-state index in [1.807, 2.05) is 18.2 Å². The van der Waals surface area contributed by atoms with Crippen LogP contribution in [0.25, 0.3) is 0 Å². The third-order valence-electron chi connectivity index (χ3n) is 2.90. The molecule has 0 saturated heterocycles. The first kappa shape index (κ1) is 16.5. The van der Waals surface area contributed by atoms with Crippen LogP contribution in [0.1, 0.15) is 13.3 Å². The molecule has 0 spiro atoms. The van der Waals surface area contributed by atoms with Gasteiger partial charge in [0, 0.05) is 12.6 Å². The molecule has 0 fully saturated rings. The minimum atomic E-state index is -0.564. The van der Waals surface area contributed by atoms with Gasteiger partial charge >= 0.3 is 0 Å². The summed E-state index contributed by atoms with van der Waals surface area (Å²) < 4.78 is 18.9. The molecule has 120 valence electrons. The van der Waals surface area contributed by atoms with E-state index >= 15 is 0 Å². The number of carbonyl (C=O) groups excluding carboxylic acids is 2. The molecule has 23 heavy (non-hydrogen) atoms. The quantitative estimate of drug-likeness (QED) is 0.860. The normalized spacial score (nSPS) is 10.0. The van der Waals surface area contributed by atoms with Gasteiger partial charge < -0.3 is 15.4 Å². The molecule has 0 aliphatic heterocycles. The van der Waals surface area contributed by atoms with Gasteiger partial charge in [-0.15, -0.1) is 0 Å². The number of halogens is 1. The number of amides is 2. The average Bonchev–Trinajstić information content (AvgIpc) is 2.51. The molecule has 6 heteroatoms. The Bertz CT molecular complexity index is 689. The Morgan fingerprint density at radius 2 is 1.83 bits per heavy atom. The van der Waals surface area contributed by atoms with E-state index in [-0.39, 0.29) is 30.5 Å². The van der Waals surface area contributed by atoms with E-state index in [9.17, 15) is 14.0 Å². The Kier molecular flexibility index (Phi) is 5.68. The number of nitrogens with one attached hydrogen (secondary N) is 2. The molecule has 0 bridgehead atoms. The van der Waals surface area contributed by atoms with Crippen molar-refractivity contribution >= 4 is 23.2 Å². The summed E-state index contributed by atoms with van der Waals surface area (Å²) in [6.07, 6.45) is 0.155. The molecule has 2 rings (SSSR count). The van der Waals surface area contributed by atoms with E-state index in [0.29, 0.717) is 11.4 Å². The number of benzene rings is 2. The highest BCUT2D eigenvalue weighted by Crippen LogP contribution is 2.19. The average molecular weight is 316 g/mol. The SMILES string of the molecule is CC(=O)Nc1cc(NC(=O)CCOc2ccccc2)ccc1F. The summed E-state index contributed by atoms with van der Waals surface area (Å²) >= 11 is 0. The van der Waals surface area contributed by atoms with Gasteiger partial charge in [0.05, 0.1) is 18.7 Å². The van der Waals surface area contributed by atoms with Gasteiger partial charge in [0.1, 0.15) is 11.6 Å². The number of carbonyl (C=O) groups is 2. The second kappa shape index (κ2) is 7.93. The highest BCUT2D eigenvalue weighted by atomic mass is 19.1. The van der Waals surface area contributed by atoms with Crippen LogP contribution in [0.15, 0.2) is 48.5 Å². The van der Waals surface area contributed by atoms with Gasteiger partial charge in [-0.2, -0.15) is 0 Å². The van der Waals surface area contributed by atoms with Crippen molar-refractivity contribution in [2.75, 3.05) is 17.2 Å². The maximum absolute atomic E-state index is 13.5. The van der Waals surface area contributed by atoms with Crippen LogP contribution < -0.4 is 15.4 Å². The molecule has 0 saturated carbocycles. The lowest BCUT2D eigenvalue weighted by atomic mass is 10.2. The van der Waals surface area contributed by atoms with Gasteiger partial charge in [-0.1, -0.05) is 18.2 Å². The fraction of sp³-hybridized carbons (Fsp3) is 0.176. The largest absolute Gasteiger partial charge is 0.493 e. The molecule has 2 N–H and O–H groups in total. The number of ether oxygens (including phenoxy) is 1. The van der Waals surface area contributed by atoms with Gasteiger partial charge in [-0.05, 0) is 30.3 Å². The third kappa shape index (κ3) is 5.43. The van der Waals surface area contributed by atoms with Crippen molar-refractivity contribution in [3.05, 3.63) is 54.3 Å². The predicted octanol–water partition coefficient (Wildman–Crippen LogP) is 3.19. The molecule has 2 amide bonds. The lowest BCUT2D eigenvalue weighted by Gasteiger charge is -2.09. The van der Waals surface area contributed by atoms with Crippen molar-refractivity contribution in [2.45, 2.75) is 13.3 Å². The van der Waals surface area contributed by atoms with Gasteiger partial charge in [-0.3, -0.25) is 9.59 Å². The Balaban J connectivity index is 1.86. The number of anilines is 2. The zero-order valence-electron chi connectivity index (χ0n) is 12.6. The van der Waals surface area contributed by atoms with Gasteiger partial charge in [0.2, 0.25) is 11.8 Å². The van der Waals surface area contributed by atoms with E-state index in [1.54, 1.807) is 12.1 Å². The van der Waals surface area contributed by atoms with E-state index < -0.39 is 5.82 Å². The molecule has 0 aliphatic rings. The molecular formula is C17H17FN2O3. The second-order valence-electron chi connectivity index (χ2n) is 4.84. The topological polar surface area (TPSA) is 67.4 Å². The molecule has 0 aromatic heterocycles. The first-order valence-corrected chi connectivity index (χ1v) is 7.09. The molecule has 0 radical (unpaired) electrons. The highest BCUT2D eigenvalue weighted by Gasteiger charge is 2.08. The summed E-state index contributed by atoms with van der Waals surface area (Å²) in [5, 5.41) is 4.99. The van der Waals surface area contributed by atoms with Crippen LogP contribution in [0, 0.1) is 5.82 Å². The van der Waals surface area contributed by atoms with Crippen LogP contribution in [0.2, 0.25) is 0 Å². The van der Waals surface area contributed by atoms with Crippen molar-refractivity contribution in [1.29, 1.82) is 0 Å². The minimum absolute atomic E-state index is 0.0239. The predicted molar refractivity (Wildman–Crippen MR) is 85.9 cm³/mol. The van der Waals surface area contributed by atoms with Crippen LogP contribution >= 0.6 is 0 Å². The Hall–Kier alpha value is -2.89. The molecule has 0 unspecified atom stereocenters. The summed E-state index contributed by atoms with van der Waals surface area (Å²) in [7, 11) is 0. The molecule has 2 aromatic carbocycles. The molecular weight excluding hydrogens is 299 g/mol. The summed E-state index contributed by atoms with van der Waals surface area (Å²) in [4.78, 5) is 22.8. The fourth-order valence-electron chi connectivity index (χ4n) is 1.89. The Morgan fingerprint density at radius 3 is 2.52 bits per heavy atom. The molecule has 0 heterocycles. The van der Waals surface area contributed by atoms with Crippen molar-refractivity contribution < 1.29 is 18.7 Å². The van der Waals surface area contributed by atoms with Gasteiger partial charge in [-0.25, -0.2) is 4.39 Å².